The van der Waals surface area contributed by atoms with Crippen molar-refractivity contribution in [1.29, 1.82) is 0 Å². The molecule has 1 aromatic heterocycles. The molecule has 0 spiro atoms. The topological polar surface area (TPSA) is 32.8 Å². The van der Waals surface area contributed by atoms with E-state index in [0.717, 1.165) is 42.3 Å². The second-order valence-corrected chi connectivity index (χ2v) is 7.61. The van der Waals surface area contributed by atoms with Crippen molar-refractivity contribution in [3.05, 3.63) is 63.1 Å². The lowest BCUT2D eigenvalue weighted by atomic mass is 10.2. The van der Waals surface area contributed by atoms with Gasteiger partial charge in [0.2, 0.25) is 5.43 Å². The lowest BCUT2D eigenvalue weighted by Crippen LogP contribution is -2.47. The first kappa shape index (κ1) is 17.2. The van der Waals surface area contributed by atoms with Crippen molar-refractivity contribution in [2.75, 3.05) is 43.1 Å². The molecule has 1 aliphatic heterocycles. The highest BCUT2D eigenvalue weighted by molar-refractivity contribution is 7.16. The van der Waals surface area contributed by atoms with Gasteiger partial charge in [-0.1, -0.05) is 11.6 Å². The van der Waals surface area contributed by atoms with E-state index < -0.39 is 0 Å². The zero-order chi connectivity index (χ0) is 18.1. The summed E-state index contributed by atoms with van der Waals surface area (Å²) in [5, 5.41) is 3.28. The van der Waals surface area contributed by atoms with Gasteiger partial charge in [0.15, 0.2) is 0 Å². The highest BCUT2D eigenvalue weighted by Gasteiger charge is 2.20. The molecule has 6 heteroatoms. The largest absolute Gasteiger partial charge is 0.497 e. The summed E-state index contributed by atoms with van der Waals surface area (Å²) in [5.74, 6) is 0.861. The normalized spacial score (nSPS) is 14.7. The number of fused-ring (bicyclic) bond motifs is 1. The summed E-state index contributed by atoms with van der Waals surface area (Å²) in [7, 11) is 1.67. The van der Waals surface area contributed by atoms with E-state index in [0.29, 0.717) is 10.4 Å². The van der Waals surface area contributed by atoms with E-state index in [1.165, 1.54) is 5.69 Å². The van der Waals surface area contributed by atoms with Crippen molar-refractivity contribution in [3.8, 4) is 5.75 Å². The van der Waals surface area contributed by atoms with E-state index in [2.05, 4.69) is 21.9 Å². The second-order valence-electron chi connectivity index (χ2n) is 6.26. The molecule has 0 bridgehead atoms. The summed E-state index contributed by atoms with van der Waals surface area (Å²) in [4.78, 5) is 17.4. The summed E-state index contributed by atoms with van der Waals surface area (Å²) in [6, 6.07) is 13.6. The van der Waals surface area contributed by atoms with Crippen LogP contribution in [-0.4, -0.2) is 33.3 Å². The van der Waals surface area contributed by atoms with E-state index in [4.69, 9.17) is 16.3 Å². The molecular weight excluding hydrogens is 368 g/mol. The van der Waals surface area contributed by atoms with Crippen molar-refractivity contribution >= 4 is 44.4 Å². The number of hydrogen-bond acceptors (Lipinski definition) is 5. The van der Waals surface area contributed by atoms with Crippen LogP contribution in [0.1, 0.15) is 0 Å². The van der Waals surface area contributed by atoms with Gasteiger partial charge in [-0.2, -0.15) is 0 Å². The highest BCUT2D eigenvalue weighted by atomic mass is 35.5. The average molecular weight is 387 g/mol. The SMILES string of the molecule is COc1ccc(N2CCN(c3csc4ccc(Cl)cc4c3=O)CC2)cc1. The summed E-state index contributed by atoms with van der Waals surface area (Å²) in [6.45, 7) is 3.40. The Labute approximate surface area is 161 Å². The highest BCUT2D eigenvalue weighted by Crippen LogP contribution is 2.26. The van der Waals surface area contributed by atoms with Crippen molar-refractivity contribution in [2.24, 2.45) is 0 Å². The fraction of sp³-hybridized carbons (Fsp3) is 0.250. The molecule has 4 nitrogen and oxygen atoms in total. The molecule has 134 valence electrons. The minimum atomic E-state index is 0.0687. The maximum absolute atomic E-state index is 12.9. The second kappa shape index (κ2) is 7.17. The Kier molecular flexibility index (Phi) is 4.74. The van der Waals surface area contributed by atoms with Crippen LogP contribution in [0.25, 0.3) is 10.1 Å². The van der Waals surface area contributed by atoms with Gasteiger partial charge >= 0.3 is 0 Å². The number of hydrogen-bond donors (Lipinski definition) is 0. The Morgan fingerprint density at radius 2 is 1.69 bits per heavy atom. The Hall–Kier alpha value is -2.24. The Morgan fingerprint density at radius 1 is 1.00 bits per heavy atom. The maximum atomic E-state index is 12.9. The van der Waals surface area contributed by atoms with Crippen LogP contribution < -0.4 is 20.0 Å². The first-order valence-electron chi connectivity index (χ1n) is 8.51. The van der Waals surface area contributed by atoms with Crippen molar-refractivity contribution < 1.29 is 4.74 Å². The van der Waals surface area contributed by atoms with E-state index in [1.807, 2.05) is 29.6 Å². The lowest BCUT2D eigenvalue weighted by Gasteiger charge is -2.37. The molecule has 26 heavy (non-hydrogen) atoms. The van der Waals surface area contributed by atoms with Crippen LogP contribution in [0.4, 0.5) is 11.4 Å². The summed E-state index contributed by atoms with van der Waals surface area (Å²) < 4.78 is 6.19. The molecule has 1 saturated heterocycles. The third-order valence-corrected chi connectivity index (χ3v) is 5.96. The van der Waals surface area contributed by atoms with Gasteiger partial charge in [0.05, 0.1) is 12.8 Å². The molecule has 0 N–H and O–H groups in total. The molecule has 0 radical (unpaired) electrons. The van der Waals surface area contributed by atoms with Gasteiger partial charge in [0.25, 0.3) is 0 Å². The van der Waals surface area contributed by atoms with E-state index in [-0.39, 0.29) is 5.43 Å². The van der Waals surface area contributed by atoms with E-state index >= 15 is 0 Å². The summed E-state index contributed by atoms with van der Waals surface area (Å²) in [5.41, 5.74) is 2.03. The predicted octanol–water partition coefficient (Wildman–Crippen LogP) is 4.25. The number of nitrogens with zero attached hydrogens (tertiary/aromatic N) is 2. The third-order valence-electron chi connectivity index (χ3n) is 4.77. The van der Waals surface area contributed by atoms with Crippen LogP contribution in [0, 0.1) is 0 Å². The van der Waals surface area contributed by atoms with Gasteiger partial charge in [0.1, 0.15) is 5.75 Å². The van der Waals surface area contributed by atoms with Crippen LogP contribution in [0.15, 0.2) is 52.6 Å². The fourth-order valence-corrected chi connectivity index (χ4v) is 4.40. The van der Waals surface area contributed by atoms with Gasteiger partial charge in [0, 0.05) is 52.4 Å². The molecule has 0 amide bonds. The van der Waals surface area contributed by atoms with Gasteiger partial charge in [-0.15, -0.1) is 11.3 Å². The zero-order valence-corrected chi connectivity index (χ0v) is 16.0. The number of anilines is 2. The van der Waals surface area contributed by atoms with Crippen LogP contribution >= 0.6 is 22.9 Å². The minimum absolute atomic E-state index is 0.0687. The molecule has 0 unspecified atom stereocenters. The average Bonchev–Trinajstić information content (AvgIpc) is 2.69. The first-order valence-corrected chi connectivity index (χ1v) is 9.76. The number of benzene rings is 2. The lowest BCUT2D eigenvalue weighted by molar-refractivity contribution is 0.415. The minimum Gasteiger partial charge on any atom is -0.497 e. The molecule has 3 aromatic rings. The standard InChI is InChI=1S/C20H19ClN2O2S/c1-25-16-5-3-15(4-6-16)22-8-10-23(11-9-22)18-13-26-19-7-2-14(21)12-17(19)20(18)24/h2-7,12-13H,8-11H2,1H3. The first-order chi connectivity index (χ1) is 12.7. The van der Waals surface area contributed by atoms with Crippen LogP contribution in [0.2, 0.25) is 5.02 Å². The molecular formula is C20H19ClN2O2S. The number of rotatable bonds is 3. The van der Waals surface area contributed by atoms with E-state index in [9.17, 15) is 4.79 Å². The van der Waals surface area contributed by atoms with Crippen LogP contribution in [0.5, 0.6) is 5.75 Å². The maximum Gasteiger partial charge on any atom is 0.211 e. The number of piperazine rings is 1. The molecule has 1 aliphatic rings. The molecule has 0 atom stereocenters. The summed E-state index contributed by atoms with van der Waals surface area (Å²) >= 11 is 7.67. The number of ether oxygens (including phenoxy) is 1. The monoisotopic (exact) mass is 386 g/mol. The molecule has 0 saturated carbocycles. The fourth-order valence-electron chi connectivity index (χ4n) is 3.31. The van der Waals surface area contributed by atoms with Crippen molar-refractivity contribution in [1.82, 2.24) is 0 Å². The van der Waals surface area contributed by atoms with Crippen LogP contribution in [-0.2, 0) is 0 Å². The van der Waals surface area contributed by atoms with Crippen molar-refractivity contribution in [3.63, 3.8) is 0 Å². The Morgan fingerprint density at radius 3 is 2.38 bits per heavy atom. The molecule has 4 rings (SSSR count). The Bertz CT molecular complexity index is 979. The van der Waals surface area contributed by atoms with Gasteiger partial charge < -0.3 is 14.5 Å². The quantitative estimate of drug-likeness (QED) is 0.673. The van der Waals surface area contributed by atoms with E-state index in [1.54, 1.807) is 24.5 Å². The van der Waals surface area contributed by atoms with Crippen molar-refractivity contribution in [2.45, 2.75) is 0 Å². The molecule has 2 heterocycles. The number of halogens is 1. The molecule has 2 aromatic carbocycles. The Balaban J connectivity index is 1.53. The summed E-state index contributed by atoms with van der Waals surface area (Å²) in [6.07, 6.45) is 0. The predicted molar refractivity (Wildman–Crippen MR) is 111 cm³/mol. The van der Waals surface area contributed by atoms with Gasteiger partial charge in [-0.25, -0.2) is 0 Å². The van der Waals surface area contributed by atoms with Gasteiger partial charge in [-0.3, -0.25) is 4.79 Å². The van der Waals surface area contributed by atoms with Crippen LogP contribution in [0.3, 0.4) is 0 Å². The zero-order valence-electron chi connectivity index (χ0n) is 14.4. The van der Waals surface area contributed by atoms with Gasteiger partial charge in [-0.05, 0) is 42.5 Å². The number of methoxy groups -OCH3 is 1. The molecule has 0 aliphatic carbocycles. The molecule has 1 fully saturated rings. The third kappa shape index (κ3) is 3.24. The smallest absolute Gasteiger partial charge is 0.211 e.